The number of nitrogens with two attached hydrogens (primary N) is 1. The fourth-order valence-corrected chi connectivity index (χ4v) is 4.44. The zero-order chi connectivity index (χ0) is 21.3. The first-order valence-corrected chi connectivity index (χ1v) is 9.69. The average molecular weight is 410 g/mol. The maximum absolute atomic E-state index is 13.5. The summed E-state index contributed by atoms with van der Waals surface area (Å²) in [6, 6.07) is 11.9. The molecule has 30 heavy (non-hydrogen) atoms. The third-order valence-corrected chi connectivity index (χ3v) is 5.90. The SMILES string of the molecule is COc1ccc(-c2nn[nH]n2)cc1N(C)C1CCC(C(N)=O)C1c1ccc(F)cc1. The Bertz CT molecular complexity index is 1020. The lowest BCUT2D eigenvalue weighted by atomic mass is 9.85. The number of H-pyrrole nitrogens is 1. The molecule has 1 saturated carbocycles. The van der Waals surface area contributed by atoms with Gasteiger partial charge in [-0.25, -0.2) is 4.39 Å². The predicted octanol–water partition coefficient (Wildman–Crippen LogP) is 2.50. The van der Waals surface area contributed by atoms with E-state index >= 15 is 0 Å². The van der Waals surface area contributed by atoms with Crippen molar-refractivity contribution in [3.63, 3.8) is 0 Å². The number of rotatable bonds is 6. The van der Waals surface area contributed by atoms with Crippen LogP contribution in [0.3, 0.4) is 0 Å². The Balaban J connectivity index is 1.73. The van der Waals surface area contributed by atoms with Crippen LogP contribution in [0.2, 0.25) is 0 Å². The summed E-state index contributed by atoms with van der Waals surface area (Å²) in [5, 5.41) is 14.2. The lowest BCUT2D eigenvalue weighted by Crippen LogP contribution is -2.37. The molecule has 3 N–H and O–H groups in total. The van der Waals surface area contributed by atoms with Crippen molar-refractivity contribution >= 4 is 11.6 Å². The van der Waals surface area contributed by atoms with E-state index in [-0.39, 0.29) is 29.6 Å². The zero-order valence-corrected chi connectivity index (χ0v) is 16.7. The summed E-state index contributed by atoms with van der Waals surface area (Å²) in [5.74, 6) is 0.0226. The van der Waals surface area contributed by atoms with Gasteiger partial charge in [0.05, 0.1) is 12.8 Å². The topological polar surface area (TPSA) is 110 Å². The molecule has 1 aliphatic carbocycles. The van der Waals surface area contributed by atoms with E-state index in [1.54, 1.807) is 19.2 Å². The van der Waals surface area contributed by atoms with Crippen molar-refractivity contribution in [1.82, 2.24) is 20.6 Å². The van der Waals surface area contributed by atoms with Crippen LogP contribution in [0.5, 0.6) is 5.75 Å². The monoisotopic (exact) mass is 410 g/mol. The minimum atomic E-state index is -0.340. The van der Waals surface area contributed by atoms with Crippen molar-refractivity contribution in [3.05, 3.63) is 53.8 Å². The van der Waals surface area contributed by atoms with Gasteiger partial charge in [-0.2, -0.15) is 5.21 Å². The van der Waals surface area contributed by atoms with E-state index in [4.69, 9.17) is 10.5 Å². The summed E-state index contributed by atoms with van der Waals surface area (Å²) in [5.41, 5.74) is 8.23. The van der Waals surface area contributed by atoms with Gasteiger partial charge in [0.25, 0.3) is 0 Å². The number of likely N-dealkylation sites (N-methyl/N-ethyl adjacent to an activating group) is 1. The van der Waals surface area contributed by atoms with Crippen LogP contribution >= 0.6 is 0 Å². The molecule has 0 aliphatic heterocycles. The molecule has 1 heterocycles. The number of halogens is 1. The molecule has 0 spiro atoms. The zero-order valence-electron chi connectivity index (χ0n) is 16.7. The quantitative estimate of drug-likeness (QED) is 0.646. The van der Waals surface area contributed by atoms with Gasteiger partial charge in [0, 0.05) is 30.5 Å². The molecule has 9 heteroatoms. The number of aromatic nitrogens is 4. The molecular formula is C21H23FN6O2. The third kappa shape index (κ3) is 3.58. The largest absolute Gasteiger partial charge is 0.495 e. The molecule has 156 valence electrons. The number of ether oxygens (including phenoxy) is 1. The van der Waals surface area contributed by atoms with Gasteiger partial charge in [0.2, 0.25) is 11.7 Å². The second kappa shape index (κ2) is 8.10. The highest BCUT2D eigenvalue weighted by Gasteiger charge is 2.42. The number of nitrogens with zero attached hydrogens (tertiary/aromatic N) is 4. The predicted molar refractivity (Wildman–Crippen MR) is 109 cm³/mol. The van der Waals surface area contributed by atoms with E-state index in [9.17, 15) is 9.18 Å². The van der Waals surface area contributed by atoms with Crippen molar-refractivity contribution in [2.75, 3.05) is 19.1 Å². The molecule has 1 amide bonds. The van der Waals surface area contributed by atoms with Gasteiger partial charge >= 0.3 is 0 Å². The third-order valence-electron chi connectivity index (χ3n) is 5.90. The molecule has 1 aliphatic rings. The number of hydrogen-bond acceptors (Lipinski definition) is 6. The second-order valence-electron chi connectivity index (χ2n) is 7.46. The van der Waals surface area contributed by atoms with E-state index in [0.717, 1.165) is 23.2 Å². The van der Waals surface area contributed by atoms with Crippen LogP contribution in [0, 0.1) is 11.7 Å². The smallest absolute Gasteiger partial charge is 0.221 e. The number of tetrazole rings is 1. The van der Waals surface area contributed by atoms with Gasteiger partial charge in [-0.05, 0) is 54.0 Å². The van der Waals surface area contributed by atoms with Crippen molar-refractivity contribution in [2.45, 2.75) is 24.8 Å². The van der Waals surface area contributed by atoms with Crippen molar-refractivity contribution in [3.8, 4) is 17.1 Å². The van der Waals surface area contributed by atoms with Gasteiger partial charge in [0.15, 0.2) is 0 Å². The number of aromatic amines is 1. The number of hydrogen-bond donors (Lipinski definition) is 2. The Hall–Kier alpha value is -3.49. The van der Waals surface area contributed by atoms with Crippen LogP contribution in [0.1, 0.15) is 24.3 Å². The highest BCUT2D eigenvalue weighted by molar-refractivity contribution is 5.79. The number of amides is 1. The number of carbonyl (C=O) groups is 1. The molecule has 3 aromatic rings. The van der Waals surface area contributed by atoms with Crippen LogP contribution in [-0.2, 0) is 4.79 Å². The molecular weight excluding hydrogens is 387 g/mol. The molecule has 1 fully saturated rings. The van der Waals surface area contributed by atoms with Crippen LogP contribution < -0.4 is 15.4 Å². The average Bonchev–Trinajstić information content (AvgIpc) is 3.43. The summed E-state index contributed by atoms with van der Waals surface area (Å²) in [6.45, 7) is 0. The summed E-state index contributed by atoms with van der Waals surface area (Å²) < 4.78 is 19.1. The Morgan fingerprint density at radius 1 is 1.23 bits per heavy atom. The van der Waals surface area contributed by atoms with Crippen LogP contribution in [0.25, 0.3) is 11.4 Å². The van der Waals surface area contributed by atoms with Crippen molar-refractivity contribution in [1.29, 1.82) is 0 Å². The Kier molecular flexibility index (Phi) is 5.35. The second-order valence-corrected chi connectivity index (χ2v) is 7.46. The fraction of sp³-hybridized carbons (Fsp3) is 0.333. The van der Waals surface area contributed by atoms with Gasteiger partial charge in [-0.15, -0.1) is 10.2 Å². The van der Waals surface area contributed by atoms with E-state index in [1.807, 2.05) is 25.2 Å². The van der Waals surface area contributed by atoms with E-state index in [0.29, 0.717) is 18.0 Å². The fourth-order valence-electron chi connectivity index (χ4n) is 4.44. The Morgan fingerprint density at radius 3 is 2.63 bits per heavy atom. The minimum absolute atomic E-state index is 0.0256. The van der Waals surface area contributed by atoms with Crippen molar-refractivity contribution in [2.24, 2.45) is 11.7 Å². The lowest BCUT2D eigenvalue weighted by Gasteiger charge is -2.34. The van der Waals surface area contributed by atoms with Gasteiger partial charge in [0.1, 0.15) is 11.6 Å². The molecule has 2 aromatic carbocycles. The van der Waals surface area contributed by atoms with E-state index in [1.165, 1.54) is 12.1 Å². The van der Waals surface area contributed by atoms with E-state index < -0.39 is 0 Å². The summed E-state index contributed by atoms with van der Waals surface area (Å²) in [4.78, 5) is 14.3. The lowest BCUT2D eigenvalue weighted by molar-refractivity contribution is -0.122. The van der Waals surface area contributed by atoms with Crippen LogP contribution in [0.4, 0.5) is 10.1 Å². The van der Waals surface area contributed by atoms with E-state index in [2.05, 4.69) is 25.5 Å². The summed E-state index contributed by atoms with van der Waals surface area (Å²) >= 11 is 0. The Morgan fingerprint density at radius 2 is 2.00 bits per heavy atom. The maximum Gasteiger partial charge on any atom is 0.221 e. The summed E-state index contributed by atoms with van der Waals surface area (Å²) in [7, 11) is 3.57. The van der Waals surface area contributed by atoms with Gasteiger partial charge in [-0.1, -0.05) is 12.1 Å². The molecule has 8 nitrogen and oxygen atoms in total. The molecule has 3 atom stereocenters. The van der Waals surface area contributed by atoms with Crippen LogP contribution in [-0.4, -0.2) is 46.7 Å². The maximum atomic E-state index is 13.5. The molecule has 1 aromatic heterocycles. The number of benzene rings is 2. The first kappa shape index (κ1) is 19.8. The number of primary amides is 1. The molecule has 4 rings (SSSR count). The highest BCUT2D eigenvalue weighted by Crippen LogP contribution is 2.45. The number of nitrogens with one attached hydrogen (secondary N) is 1. The first-order chi connectivity index (χ1) is 14.5. The number of carbonyl (C=O) groups excluding carboxylic acids is 1. The normalized spacial score (nSPS) is 20.8. The number of anilines is 1. The number of methoxy groups -OCH3 is 1. The Labute approximate surface area is 173 Å². The minimum Gasteiger partial charge on any atom is -0.495 e. The molecule has 0 saturated heterocycles. The highest BCUT2D eigenvalue weighted by atomic mass is 19.1. The molecule has 3 unspecified atom stereocenters. The van der Waals surface area contributed by atoms with Crippen molar-refractivity contribution < 1.29 is 13.9 Å². The first-order valence-electron chi connectivity index (χ1n) is 9.69. The summed E-state index contributed by atoms with van der Waals surface area (Å²) in [6.07, 6.45) is 1.43. The van der Waals surface area contributed by atoms with Gasteiger partial charge in [-0.3, -0.25) is 4.79 Å². The standard InChI is InChI=1S/C21H23FN6O2/c1-28(17-11-13(5-10-18(17)30-2)21-24-26-27-25-21)16-9-8-15(20(23)29)19(16)12-3-6-14(22)7-4-12/h3-7,10-11,15-16,19H,8-9H2,1-2H3,(H2,23,29)(H,24,25,26,27). The van der Waals surface area contributed by atoms with Gasteiger partial charge < -0.3 is 15.4 Å². The molecule has 0 bridgehead atoms. The molecule has 0 radical (unpaired) electrons. The van der Waals surface area contributed by atoms with Crippen LogP contribution in [0.15, 0.2) is 42.5 Å².